The molecule has 4 aromatic rings. The fourth-order valence-electron chi connectivity index (χ4n) is 3.10. The van der Waals surface area contributed by atoms with Gasteiger partial charge in [-0.25, -0.2) is 9.37 Å². The van der Waals surface area contributed by atoms with Gasteiger partial charge in [0.1, 0.15) is 17.3 Å². The van der Waals surface area contributed by atoms with E-state index < -0.39 is 0 Å². The molecule has 4 rings (SSSR count). The van der Waals surface area contributed by atoms with E-state index in [-0.39, 0.29) is 18.1 Å². The Morgan fingerprint density at radius 1 is 1.21 bits per heavy atom. The number of benzene rings is 2. The number of fused-ring (bicyclic) bond motifs is 1. The summed E-state index contributed by atoms with van der Waals surface area (Å²) < 4.78 is 24.1. The second-order valence-electron chi connectivity index (χ2n) is 6.33. The van der Waals surface area contributed by atoms with E-state index in [4.69, 9.17) is 9.47 Å². The standard InChI is InChI=1S/C21H18FN3O3S/c1-27-14-4-5-17-15(9-14)12(10-23-17)7-20(26)25-21-24-18(11-29-21)16-8-13(22)3-6-19(16)28-2/h3-6,8-11,23H,7H2,1-2H3,(H,24,25,26). The second-order valence-corrected chi connectivity index (χ2v) is 7.19. The average Bonchev–Trinajstić information content (AvgIpc) is 3.34. The maximum absolute atomic E-state index is 13.6. The van der Waals surface area contributed by atoms with Gasteiger partial charge < -0.3 is 19.8 Å². The molecule has 0 bridgehead atoms. The Kier molecular flexibility index (Phi) is 5.18. The van der Waals surface area contributed by atoms with E-state index >= 15 is 0 Å². The Morgan fingerprint density at radius 2 is 2.07 bits per heavy atom. The molecule has 2 N–H and O–H groups in total. The van der Waals surface area contributed by atoms with E-state index in [0.29, 0.717) is 22.1 Å². The topological polar surface area (TPSA) is 76.2 Å². The lowest BCUT2D eigenvalue weighted by Gasteiger charge is -2.06. The van der Waals surface area contributed by atoms with E-state index in [0.717, 1.165) is 22.2 Å². The van der Waals surface area contributed by atoms with Crippen LogP contribution in [-0.2, 0) is 11.2 Å². The van der Waals surface area contributed by atoms with Gasteiger partial charge in [0.2, 0.25) is 5.91 Å². The first-order chi connectivity index (χ1) is 14.1. The first-order valence-corrected chi connectivity index (χ1v) is 9.68. The number of hydrogen-bond donors (Lipinski definition) is 2. The summed E-state index contributed by atoms with van der Waals surface area (Å²) >= 11 is 1.27. The minimum atomic E-state index is -0.380. The number of amides is 1. The molecule has 2 heterocycles. The van der Waals surface area contributed by atoms with E-state index in [1.54, 1.807) is 18.6 Å². The normalized spacial score (nSPS) is 10.9. The number of anilines is 1. The number of carbonyl (C=O) groups is 1. The highest BCUT2D eigenvalue weighted by Gasteiger charge is 2.14. The summed E-state index contributed by atoms with van der Waals surface area (Å²) in [5, 5.41) is 5.93. The number of methoxy groups -OCH3 is 2. The quantitative estimate of drug-likeness (QED) is 0.485. The number of halogens is 1. The number of carbonyl (C=O) groups excluding carboxylic acids is 1. The highest BCUT2D eigenvalue weighted by molar-refractivity contribution is 7.14. The third-order valence-electron chi connectivity index (χ3n) is 4.51. The Balaban J connectivity index is 1.51. The maximum atomic E-state index is 13.6. The van der Waals surface area contributed by atoms with Crippen LogP contribution in [0, 0.1) is 5.82 Å². The minimum Gasteiger partial charge on any atom is -0.497 e. The SMILES string of the molecule is COc1ccc2[nH]cc(CC(=O)Nc3nc(-c4cc(F)ccc4OC)cs3)c2c1. The fraction of sp³-hybridized carbons (Fsp3) is 0.143. The van der Waals surface area contributed by atoms with Crippen molar-refractivity contribution in [2.24, 2.45) is 0 Å². The van der Waals surface area contributed by atoms with Crippen molar-refractivity contribution in [3.8, 4) is 22.8 Å². The molecule has 8 heteroatoms. The van der Waals surface area contributed by atoms with Crippen molar-refractivity contribution in [2.75, 3.05) is 19.5 Å². The molecule has 2 aromatic heterocycles. The van der Waals surface area contributed by atoms with Gasteiger partial charge in [-0.1, -0.05) is 0 Å². The van der Waals surface area contributed by atoms with E-state index in [9.17, 15) is 9.18 Å². The number of aromatic amines is 1. The molecule has 29 heavy (non-hydrogen) atoms. The Morgan fingerprint density at radius 3 is 2.86 bits per heavy atom. The number of nitrogens with zero attached hydrogens (tertiary/aromatic N) is 1. The predicted octanol–water partition coefficient (Wildman–Crippen LogP) is 4.63. The van der Waals surface area contributed by atoms with Gasteiger partial charge >= 0.3 is 0 Å². The van der Waals surface area contributed by atoms with Crippen molar-refractivity contribution in [1.29, 1.82) is 0 Å². The molecule has 0 aliphatic rings. The average molecular weight is 411 g/mol. The van der Waals surface area contributed by atoms with Crippen LogP contribution in [0.4, 0.5) is 9.52 Å². The van der Waals surface area contributed by atoms with Crippen LogP contribution in [0.2, 0.25) is 0 Å². The number of hydrogen-bond acceptors (Lipinski definition) is 5. The molecule has 0 saturated heterocycles. The monoisotopic (exact) mass is 411 g/mol. The second kappa shape index (κ2) is 7.92. The Hall–Kier alpha value is -3.39. The van der Waals surface area contributed by atoms with Gasteiger partial charge in [0.05, 0.1) is 26.3 Å². The predicted molar refractivity (Wildman–Crippen MR) is 111 cm³/mol. The van der Waals surface area contributed by atoms with Crippen molar-refractivity contribution in [3.63, 3.8) is 0 Å². The fourth-order valence-corrected chi connectivity index (χ4v) is 3.83. The highest BCUT2D eigenvalue weighted by atomic mass is 32.1. The zero-order chi connectivity index (χ0) is 20.4. The minimum absolute atomic E-state index is 0.186. The van der Waals surface area contributed by atoms with Crippen LogP contribution in [0.3, 0.4) is 0 Å². The third kappa shape index (κ3) is 3.93. The number of thiazole rings is 1. The largest absolute Gasteiger partial charge is 0.497 e. The van der Waals surface area contributed by atoms with Crippen molar-refractivity contribution >= 4 is 33.3 Å². The molecular weight excluding hydrogens is 393 g/mol. The lowest BCUT2D eigenvalue weighted by atomic mass is 10.1. The zero-order valence-electron chi connectivity index (χ0n) is 15.8. The van der Waals surface area contributed by atoms with Crippen LogP contribution in [0.25, 0.3) is 22.2 Å². The number of ether oxygens (including phenoxy) is 2. The molecule has 0 aliphatic heterocycles. The Labute approximate surface area is 170 Å². The molecule has 0 aliphatic carbocycles. The number of nitrogens with one attached hydrogen (secondary N) is 2. The summed E-state index contributed by atoms with van der Waals surface area (Å²) in [7, 11) is 3.12. The van der Waals surface area contributed by atoms with Gasteiger partial charge in [-0.15, -0.1) is 11.3 Å². The van der Waals surface area contributed by atoms with Crippen LogP contribution in [0.5, 0.6) is 11.5 Å². The van der Waals surface area contributed by atoms with E-state index in [1.165, 1.54) is 30.6 Å². The van der Waals surface area contributed by atoms with Gasteiger partial charge in [-0.2, -0.15) is 0 Å². The summed E-state index contributed by atoms with van der Waals surface area (Å²) in [6.45, 7) is 0. The van der Waals surface area contributed by atoms with Gasteiger partial charge in [0.15, 0.2) is 5.13 Å². The van der Waals surface area contributed by atoms with E-state index in [2.05, 4.69) is 15.3 Å². The summed E-state index contributed by atoms with van der Waals surface area (Å²) in [6.07, 6.45) is 2.00. The van der Waals surface area contributed by atoms with Gasteiger partial charge in [0.25, 0.3) is 0 Å². The summed E-state index contributed by atoms with van der Waals surface area (Å²) in [4.78, 5) is 20.1. The molecular formula is C21H18FN3O3S. The van der Waals surface area contributed by atoms with Gasteiger partial charge in [0, 0.05) is 28.0 Å². The molecule has 148 valence electrons. The van der Waals surface area contributed by atoms with Crippen molar-refractivity contribution < 1.29 is 18.7 Å². The van der Waals surface area contributed by atoms with Crippen molar-refractivity contribution in [2.45, 2.75) is 6.42 Å². The van der Waals surface area contributed by atoms with Crippen LogP contribution >= 0.6 is 11.3 Å². The summed E-state index contributed by atoms with van der Waals surface area (Å²) in [5.74, 6) is 0.671. The summed E-state index contributed by atoms with van der Waals surface area (Å²) in [5.41, 5.74) is 2.87. The maximum Gasteiger partial charge on any atom is 0.230 e. The van der Waals surface area contributed by atoms with Crippen LogP contribution in [0.15, 0.2) is 48.0 Å². The molecule has 6 nitrogen and oxygen atoms in total. The third-order valence-corrected chi connectivity index (χ3v) is 5.27. The molecule has 0 unspecified atom stereocenters. The first-order valence-electron chi connectivity index (χ1n) is 8.80. The lowest BCUT2D eigenvalue weighted by molar-refractivity contribution is -0.115. The number of H-pyrrole nitrogens is 1. The number of rotatable bonds is 6. The zero-order valence-corrected chi connectivity index (χ0v) is 16.6. The van der Waals surface area contributed by atoms with Crippen LogP contribution in [-0.4, -0.2) is 30.1 Å². The first kappa shape index (κ1) is 18.9. The van der Waals surface area contributed by atoms with Gasteiger partial charge in [-0.3, -0.25) is 4.79 Å². The summed E-state index contributed by atoms with van der Waals surface area (Å²) in [6, 6.07) is 9.90. The lowest BCUT2D eigenvalue weighted by Crippen LogP contribution is -2.14. The molecule has 0 radical (unpaired) electrons. The smallest absolute Gasteiger partial charge is 0.230 e. The Bertz CT molecular complexity index is 1190. The molecule has 0 spiro atoms. The van der Waals surface area contributed by atoms with Crippen molar-refractivity contribution in [3.05, 3.63) is 59.4 Å². The number of aromatic nitrogens is 2. The van der Waals surface area contributed by atoms with Gasteiger partial charge in [-0.05, 0) is 42.0 Å². The van der Waals surface area contributed by atoms with Crippen LogP contribution in [0.1, 0.15) is 5.56 Å². The van der Waals surface area contributed by atoms with E-state index in [1.807, 2.05) is 24.4 Å². The molecule has 0 atom stereocenters. The molecule has 0 fully saturated rings. The van der Waals surface area contributed by atoms with Crippen LogP contribution < -0.4 is 14.8 Å². The highest BCUT2D eigenvalue weighted by Crippen LogP contribution is 2.33. The molecule has 0 saturated carbocycles. The van der Waals surface area contributed by atoms with Crippen molar-refractivity contribution in [1.82, 2.24) is 9.97 Å². The molecule has 2 aromatic carbocycles. The molecule has 1 amide bonds.